The lowest BCUT2D eigenvalue weighted by Crippen LogP contribution is -2.32. The smallest absolute Gasteiger partial charge is 0.270 e. The van der Waals surface area contributed by atoms with Crippen LogP contribution in [0.4, 0.5) is 5.69 Å². The highest BCUT2D eigenvalue weighted by molar-refractivity contribution is 6.30. The average Bonchev–Trinajstić information content (AvgIpc) is 2.73. The maximum atomic E-state index is 13.0. The molecule has 0 saturated heterocycles. The number of aromatic nitrogens is 2. The van der Waals surface area contributed by atoms with E-state index in [0.29, 0.717) is 40.9 Å². The fraction of sp³-hybridized carbons (Fsp3) is 0.227. The molecule has 8 nitrogen and oxygen atoms in total. The second kappa shape index (κ2) is 9.63. The van der Waals surface area contributed by atoms with Crippen LogP contribution in [0.3, 0.4) is 0 Å². The number of benzene rings is 2. The average molecular weight is 440 g/mol. The topological polar surface area (TPSA) is 101 Å². The molecule has 1 amide bonds. The molecule has 0 bridgehead atoms. The normalized spacial score (nSPS) is 10.9. The second-order valence-electron chi connectivity index (χ2n) is 7.23. The van der Waals surface area contributed by atoms with Crippen LogP contribution < -0.4 is 5.32 Å². The van der Waals surface area contributed by atoms with Crippen LogP contribution in [0.15, 0.2) is 48.5 Å². The first-order valence-corrected chi connectivity index (χ1v) is 9.96. The molecule has 0 radical (unpaired) electrons. The zero-order chi connectivity index (χ0) is 22.5. The molecule has 0 aliphatic heterocycles. The minimum Gasteiger partial charge on any atom is -0.351 e. The predicted octanol–water partition coefficient (Wildman–Crippen LogP) is 3.97. The zero-order valence-corrected chi connectivity index (χ0v) is 18.2. The highest BCUT2D eigenvalue weighted by Gasteiger charge is 2.22. The van der Waals surface area contributed by atoms with Gasteiger partial charge in [0.15, 0.2) is 5.82 Å². The number of nitrogens with zero attached hydrogens (tertiary/aromatic N) is 4. The Balaban J connectivity index is 2.13. The summed E-state index contributed by atoms with van der Waals surface area (Å²) in [5, 5.41) is 14.7. The van der Waals surface area contributed by atoms with E-state index in [1.165, 1.54) is 12.1 Å². The molecule has 0 saturated carbocycles. The van der Waals surface area contributed by atoms with Gasteiger partial charge < -0.3 is 10.2 Å². The fourth-order valence-corrected chi connectivity index (χ4v) is 3.16. The molecular weight excluding hydrogens is 418 g/mol. The van der Waals surface area contributed by atoms with E-state index in [1.54, 1.807) is 43.3 Å². The van der Waals surface area contributed by atoms with Crippen molar-refractivity contribution in [2.45, 2.75) is 6.92 Å². The minimum absolute atomic E-state index is 0.0826. The Bertz CT molecular complexity index is 1120. The summed E-state index contributed by atoms with van der Waals surface area (Å²) < 4.78 is 0. The third-order valence-corrected chi connectivity index (χ3v) is 4.85. The summed E-state index contributed by atoms with van der Waals surface area (Å²) in [5.41, 5.74) is 2.21. The molecule has 1 aromatic heterocycles. The molecule has 0 atom stereocenters. The molecule has 1 N–H and O–H groups in total. The molecule has 0 aliphatic carbocycles. The van der Waals surface area contributed by atoms with Crippen LogP contribution >= 0.6 is 11.6 Å². The van der Waals surface area contributed by atoms with E-state index in [9.17, 15) is 14.9 Å². The summed E-state index contributed by atoms with van der Waals surface area (Å²) in [6, 6.07) is 13.1. The van der Waals surface area contributed by atoms with Crippen molar-refractivity contribution >= 4 is 23.2 Å². The van der Waals surface area contributed by atoms with Crippen molar-refractivity contribution in [1.82, 2.24) is 20.2 Å². The van der Waals surface area contributed by atoms with Gasteiger partial charge in [0.1, 0.15) is 0 Å². The van der Waals surface area contributed by atoms with Crippen LogP contribution in [0, 0.1) is 17.0 Å². The number of nitro groups is 1. The number of hydrogen-bond donors (Lipinski definition) is 1. The van der Waals surface area contributed by atoms with Gasteiger partial charge in [-0.25, -0.2) is 9.97 Å². The zero-order valence-electron chi connectivity index (χ0n) is 17.4. The van der Waals surface area contributed by atoms with Crippen molar-refractivity contribution in [3.63, 3.8) is 0 Å². The quantitative estimate of drug-likeness (QED) is 0.441. The maximum Gasteiger partial charge on any atom is 0.270 e. The molecule has 0 spiro atoms. The van der Waals surface area contributed by atoms with Crippen molar-refractivity contribution < 1.29 is 9.72 Å². The number of non-ortho nitro benzene ring substituents is 1. The molecule has 160 valence electrons. The molecular formula is C22H22ClN5O3. The number of rotatable bonds is 7. The number of halogens is 1. The third kappa shape index (κ3) is 5.42. The van der Waals surface area contributed by atoms with Gasteiger partial charge in [-0.3, -0.25) is 14.9 Å². The number of aryl methyl sites for hydroxylation is 1. The number of amides is 1. The molecule has 0 fully saturated rings. The molecule has 2 aromatic carbocycles. The Labute approximate surface area is 185 Å². The van der Waals surface area contributed by atoms with Gasteiger partial charge in [0.05, 0.1) is 21.9 Å². The Hall–Kier alpha value is -3.36. The van der Waals surface area contributed by atoms with E-state index in [-0.39, 0.29) is 17.2 Å². The van der Waals surface area contributed by atoms with Crippen LogP contribution in [-0.2, 0) is 0 Å². The monoisotopic (exact) mass is 439 g/mol. The lowest BCUT2D eigenvalue weighted by molar-refractivity contribution is -0.384. The largest absolute Gasteiger partial charge is 0.351 e. The lowest BCUT2D eigenvalue weighted by Gasteiger charge is -2.15. The molecule has 3 rings (SSSR count). The number of nitrogens with one attached hydrogen (secondary N) is 1. The predicted molar refractivity (Wildman–Crippen MR) is 120 cm³/mol. The van der Waals surface area contributed by atoms with Crippen LogP contribution in [-0.4, -0.2) is 52.9 Å². The van der Waals surface area contributed by atoms with Crippen LogP contribution in [0.25, 0.3) is 22.6 Å². The van der Waals surface area contributed by atoms with E-state index >= 15 is 0 Å². The van der Waals surface area contributed by atoms with E-state index in [1.807, 2.05) is 19.0 Å². The SMILES string of the molecule is Cc1nc(-c2ccc(Cl)cc2)nc(-c2cccc([N+](=O)[O-])c2)c1C(=O)NCCN(C)C. The number of likely N-dealkylation sites (N-methyl/N-ethyl adjacent to an activating group) is 1. The first-order valence-electron chi connectivity index (χ1n) is 9.58. The van der Waals surface area contributed by atoms with Gasteiger partial charge in [-0.05, 0) is 45.3 Å². The Kier molecular flexibility index (Phi) is 6.94. The maximum absolute atomic E-state index is 13.0. The van der Waals surface area contributed by atoms with Gasteiger partial charge >= 0.3 is 0 Å². The number of hydrogen-bond acceptors (Lipinski definition) is 6. The van der Waals surface area contributed by atoms with Gasteiger partial charge in [0.25, 0.3) is 11.6 Å². The molecule has 31 heavy (non-hydrogen) atoms. The number of nitro benzene ring substituents is 1. The van der Waals surface area contributed by atoms with E-state index in [4.69, 9.17) is 11.6 Å². The van der Waals surface area contributed by atoms with Crippen molar-refractivity contribution in [1.29, 1.82) is 0 Å². The Morgan fingerprint density at radius 3 is 2.48 bits per heavy atom. The van der Waals surface area contributed by atoms with Crippen LogP contribution in [0.1, 0.15) is 16.1 Å². The van der Waals surface area contributed by atoms with Crippen LogP contribution in [0.5, 0.6) is 0 Å². The van der Waals surface area contributed by atoms with E-state index in [0.717, 1.165) is 5.56 Å². The highest BCUT2D eigenvalue weighted by Crippen LogP contribution is 2.29. The summed E-state index contributed by atoms with van der Waals surface area (Å²) >= 11 is 5.98. The minimum atomic E-state index is -0.478. The number of carbonyl (C=O) groups excluding carboxylic acids is 1. The fourth-order valence-electron chi connectivity index (χ4n) is 3.03. The Morgan fingerprint density at radius 2 is 1.84 bits per heavy atom. The summed E-state index contributed by atoms with van der Waals surface area (Å²) in [6.07, 6.45) is 0. The summed E-state index contributed by atoms with van der Waals surface area (Å²) in [5.74, 6) is 0.0732. The summed E-state index contributed by atoms with van der Waals surface area (Å²) in [4.78, 5) is 34.9. The molecule has 1 heterocycles. The van der Waals surface area contributed by atoms with E-state index < -0.39 is 4.92 Å². The molecule has 0 unspecified atom stereocenters. The van der Waals surface area contributed by atoms with Crippen molar-refractivity contribution in [3.8, 4) is 22.6 Å². The molecule has 9 heteroatoms. The van der Waals surface area contributed by atoms with Crippen molar-refractivity contribution in [2.24, 2.45) is 0 Å². The lowest BCUT2D eigenvalue weighted by atomic mass is 10.0. The van der Waals surface area contributed by atoms with Gasteiger partial charge in [-0.1, -0.05) is 23.7 Å². The Morgan fingerprint density at radius 1 is 1.13 bits per heavy atom. The summed E-state index contributed by atoms with van der Waals surface area (Å²) in [6.45, 7) is 2.84. The van der Waals surface area contributed by atoms with Gasteiger partial charge in [-0.2, -0.15) is 0 Å². The standard InChI is InChI=1S/C22H22ClN5O3/c1-14-19(22(29)24-11-12-27(2)3)20(16-5-4-6-18(13-16)28(30)31)26-21(25-14)15-7-9-17(23)10-8-15/h4-10,13H,11-12H2,1-3H3,(H,24,29). The van der Waals surface area contributed by atoms with Gasteiger partial charge in [-0.15, -0.1) is 0 Å². The van der Waals surface area contributed by atoms with Crippen molar-refractivity contribution in [3.05, 3.63) is 74.9 Å². The first kappa shape index (κ1) is 22.3. The summed E-state index contributed by atoms with van der Waals surface area (Å²) in [7, 11) is 3.83. The van der Waals surface area contributed by atoms with Gasteiger partial charge in [0.2, 0.25) is 0 Å². The first-order chi connectivity index (χ1) is 14.8. The highest BCUT2D eigenvalue weighted by atomic mass is 35.5. The third-order valence-electron chi connectivity index (χ3n) is 4.59. The van der Waals surface area contributed by atoms with Crippen molar-refractivity contribution in [2.75, 3.05) is 27.2 Å². The van der Waals surface area contributed by atoms with E-state index in [2.05, 4.69) is 15.3 Å². The number of carbonyl (C=O) groups is 1. The van der Waals surface area contributed by atoms with Crippen LogP contribution in [0.2, 0.25) is 5.02 Å². The molecule has 3 aromatic rings. The second-order valence-corrected chi connectivity index (χ2v) is 7.67. The molecule has 0 aliphatic rings. The van der Waals surface area contributed by atoms with Gasteiger partial charge in [0, 0.05) is 41.4 Å².